The molecule has 1 aromatic carbocycles. The average Bonchev–Trinajstić information content (AvgIpc) is 2.39. The van der Waals surface area contributed by atoms with Crippen LogP contribution in [0.4, 0.5) is 5.82 Å². The molecule has 1 heterocycles. The maximum Gasteiger partial charge on any atom is 0.156 e. The summed E-state index contributed by atoms with van der Waals surface area (Å²) in [6.07, 6.45) is 4.70. The molecule has 0 spiro atoms. The lowest BCUT2D eigenvalue weighted by molar-refractivity contribution is 0.283. The summed E-state index contributed by atoms with van der Waals surface area (Å²) >= 11 is 0. The van der Waals surface area contributed by atoms with E-state index in [-0.39, 0.29) is 6.61 Å². The number of aliphatic hydroxyl groups is 1. The third kappa shape index (κ3) is 3.14. The quantitative estimate of drug-likeness (QED) is 0.748. The number of hydrogen-bond donors (Lipinski definition) is 2. The zero-order valence-electron chi connectivity index (χ0n) is 9.76. The first-order chi connectivity index (χ1) is 8.42. The Labute approximate surface area is 101 Å². The van der Waals surface area contributed by atoms with Crippen molar-refractivity contribution in [1.82, 2.24) is 10.2 Å². The number of unbranched alkanes of at least 4 members (excludes halogenated alkanes) is 2. The van der Waals surface area contributed by atoms with Gasteiger partial charge in [-0.1, -0.05) is 24.3 Å². The third-order valence-corrected chi connectivity index (χ3v) is 2.70. The number of benzene rings is 1. The Morgan fingerprint density at radius 1 is 1.12 bits per heavy atom. The molecule has 0 aliphatic rings. The van der Waals surface area contributed by atoms with Gasteiger partial charge in [-0.3, -0.25) is 0 Å². The summed E-state index contributed by atoms with van der Waals surface area (Å²) in [6.45, 7) is 1.14. The molecule has 2 aromatic rings. The van der Waals surface area contributed by atoms with Crippen LogP contribution in [0.5, 0.6) is 0 Å². The van der Waals surface area contributed by atoms with Gasteiger partial charge in [-0.2, -0.15) is 5.10 Å². The molecule has 1 aromatic heterocycles. The van der Waals surface area contributed by atoms with Crippen LogP contribution in [0.25, 0.3) is 10.8 Å². The number of rotatable bonds is 6. The highest BCUT2D eigenvalue weighted by Crippen LogP contribution is 2.18. The number of nitrogens with zero attached hydrogens (tertiary/aromatic N) is 2. The van der Waals surface area contributed by atoms with E-state index in [9.17, 15) is 0 Å². The summed E-state index contributed by atoms with van der Waals surface area (Å²) in [5, 5.41) is 22.3. The van der Waals surface area contributed by atoms with Crippen LogP contribution >= 0.6 is 0 Å². The molecule has 0 bridgehead atoms. The minimum atomic E-state index is 0.272. The van der Waals surface area contributed by atoms with Crippen molar-refractivity contribution < 1.29 is 5.11 Å². The zero-order valence-corrected chi connectivity index (χ0v) is 9.76. The summed E-state index contributed by atoms with van der Waals surface area (Å²) in [5.74, 6) is 0.840. The fourth-order valence-electron chi connectivity index (χ4n) is 1.78. The molecular formula is C13H17N3O. The molecular weight excluding hydrogens is 214 g/mol. The van der Waals surface area contributed by atoms with Crippen LogP contribution < -0.4 is 5.32 Å². The van der Waals surface area contributed by atoms with Crippen LogP contribution in [0, 0.1) is 0 Å². The Bertz CT molecular complexity index is 468. The molecule has 0 saturated carbocycles. The highest BCUT2D eigenvalue weighted by molar-refractivity contribution is 5.90. The molecule has 0 fully saturated rings. The second-order valence-electron chi connectivity index (χ2n) is 3.99. The second kappa shape index (κ2) is 6.15. The molecule has 0 amide bonds. The van der Waals surface area contributed by atoms with E-state index in [1.807, 2.05) is 24.3 Å². The van der Waals surface area contributed by atoms with Gasteiger partial charge in [0.15, 0.2) is 5.82 Å². The summed E-state index contributed by atoms with van der Waals surface area (Å²) in [7, 11) is 0. The topological polar surface area (TPSA) is 58.0 Å². The molecule has 4 heteroatoms. The smallest absolute Gasteiger partial charge is 0.156 e. The van der Waals surface area contributed by atoms with Crippen molar-refractivity contribution in [3.05, 3.63) is 30.5 Å². The van der Waals surface area contributed by atoms with Gasteiger partial charge in [-0.25, -0.2) is 0 Å². The van der Waals surface area contributed by atoms with Gasteiger partial charge in [0.2, 0.25) is 0 Å². The van der Waals surface area contributed by atoms with Crippen molar-refractivity contribution >= 4 is 16.6 Å². The van der Waals surface area contributed by atoms with Crippen molar-refractivity contribution in [1.29, 1.82) is 0 Å². The Morgan fingerprint density at radius 3 is 2.88 bits per heavy atom. The molecule has 4 nitrogen and oxygen atoms in total. The highest BCUT2D eigenvalue weighted by atomic mass is 16.2. The molecule has 90 valence electrons. The van der Waals surface area contributed by atoms with Crippen LogP contribution in [0.15, 0.2) is 30.5 Å². The second-order valence-corrected chi connectivity index (χ2v) is 3.99. The summed E-state index contributed by atoms with van der Waals surface area (Å²) in [6, 6.07) is 8.07. The lowest BCUT2D eigenvalue weighted by Crippen LogP contribution is -2.05. The first-order valence-corrected chi connectivity index (χ1v) is 5.97. The van der Waals surface area contributed by atoms with Crippen LogP contribution in [-0.2, 0) is 0 Å². The molecule has 0 saturated heterocycles. The van der Waals surface area contributed by atoms with Crippen molar-refractivity contribution in [3.63, 3.8) is 0 Å². The number of fused-ring (bicyclic) bond motifs is 1. The number of anilines is 1. The molecule has 2 rings (SSSR count). The van der Waals surface area contributed by atoms with E-state index < -0.39 is 0 Å². The van der Waals surface area contributed by atoms with Crippen molar-refractivity contribution in [2.75, 3.05) is 18.5 Å². The first kappa shape index (κ1) is 11.8. The lowest BCUT2D eigenvalue weighted by atomic mass is 10.2. The third-order valence-electron chi connectivity index (χ3n) is 2.70. The predicted molar refractivity (Wildman–Crippen MR) is 69.0 cm³/mol. The molecule has 0 radical (unpaired) electrons. The van der Waals surface area contributed by atoms with E-state index in [0.717, 1.165) is 42.4 Å². The lowest BCUT2D eigenvalue weighted by Gasteiger charge is -2.07. The van der Waals surface area contributed by atoms with E-state index >= 15 is 0 Å². The van der Waals surface area contributed by atoms with Gasteiger partial charge in [0.25, 0.3) is 0 Å². The number of aliphatic hydroxyl groups excluding tert-OH is 1. The first-order valence-electron chi connectivity index (χ1n) is 5.97. The van der Waals surface area contributed by atoms with Gasteiger partial charge < -0.3 is 10.4 Å². The molecule has 0 unspecified atom stereocenters. The minimum Gasteiger partial charge on any atom is -0.396 e. The number of hydrogen-bond acceptors (Lipinski definition) is 4. The van der Waals surface area contributed by atoms with Crippen molar-refractivity contribution in [2.24, 2.45) is 0 Å². The van der Waals surface area contributed by atoms with E-state index in [1.54, 1.807) is 6.20 Å². The summed E-state index contributed by atoms with van der Waals surface area (Å²) in [5.41, 5.74) is 0. The maximum atomic E-state index is 8.68. The Kier molecular flexibility index (Phi) is 4.27. The Morgan fingerprint density at radius 2 is 2.00 bits per heavy atom. The van der Waals surface area contributed by atoms with E-state index in [2.05, 4.69) is 15.5 Å². The Balaban J connectivity index is 1.98. The largest absolute Gasteiger partial charge is 0.396 e. The maximum absolute atomic E-state index is 8.68. The zero-order chi connectivity index (χ0) is 11.9. The van der Waals surface area contributed by atoms with Gasteiger partial charge >= 0.3 is 0 Å². The van der Waals surface area contributed by atoms with Crippen molar-refractivity contribution in [3.8, 4) is 0 Å². The summed E-state index contributed by atoms with van der Waals surface area (Å²) < 4.78 is 0. The van der Waals surface area contributed by atoms with E-state index in [1.165, 1.54) is 0 Å². The fourth-order valence-corrected chi connectivity index (χ4v) is 1.78. The fraction of sp³-hybridized carbons (Fsp3) is 0.385. The average molecular weight is 231 g/mol. The van der Waals surface area contributed by atoms with Crippen LogP contribution in [0.3, 0.4) is 0 Å². The molecule has 0 aliphatic carbocycles. The van der Waals surface area contributed by atoms with Gasteiger partial charge in [-0.05, 0) is 19.3 Å². The SMILES string of the molecule is OCCCCCNc1nncc2ccccc12. The highest BCUT2D eigenvalue weighted by Gasteiger charge is 2.01. The van der Waals surface area contributed by atoms with Crippen LogP contribution in [-0.4, -0.2) is 28.5 Å². The van der Waals surface area contributed by atoms with Gasteiger partial charge in [0.1, 0.15) is 0 Å². The molecule has 17 heavy (non-hydrogen) atoms. The summed E-state index contributed by atoms with van der Waals surface area (Å²) in [4.78, 5) is 0. The number of aromatic nitrogens is 2. The predicted octanol–water partition coefficient (Wildman–Crippen LogP) is 2.20. The molecule has 0 atom stereocenters. The van der Waals surface area contributed by atoms with Crippen LogP contribution in [0.2, 0.25) is 0 Å². The van der Waals surface area contributed by atoms with Gasteiger partial charge in [-0.15, -0.1) is 5.10 Å². The standard InChI is InChI=1S/C13H17N3O/c17-9-5-1-4-8-14-13-12-7-3-2-6-11(12)10-15-16-13/h2-3,6-7,10,17H,1,4-5,8-9H2,(H,14,16). The van der Waals surface area contributed by atoms with E-state index in [4.69, 9.17) is 5.11 Å². The van der Waals surface area contributed by atoms with Crippen molar-refractivity contribution in [2.45, 2.75) is 19.3 Å². The van der Waals surface area contributed by atoms with Crippen LogP contribution in [0.1, 0.15) is 19.3 Å². The van der Waals surface area contributed by atoms with Gasteiger partial charge in [0, 0.05) is 23.9 Å². The van der Waals surface area contributed by atoms with Gasteiger partial charge in [0.05, 0.1) is 6.20 Å². The molecule has 2 N–H and O–H groups in total. The Hall–Kier alpha value is -1.68. The molecule has 0 aliphatic heterocycles. The minimum absolute atomic E-state index is 0.272. The number of nitrogens with one attached hydrogen (secondary N) is 1. The normalized spacial score (nSPS) is 10.6. The van der Waals surface area contributed by atoms with E-state index in [0.29, 0.717) is 0 Å². The monoisotopic (exact) mass is 231 g/mol.